The highest BCUT2D eigenvalue weighted by atomic mass is 35.5. The summed E-state index contributed by atoms with van der Waals surface area (Å²) < 4.78 is 1.31. The van der Waals surface area contributed by atoms with E-state index in [1.807, 2.05) is 6.92 Å². The van der Waals surface area contributed by atoms with Gasteiger partial charge in [-0.05, 0) is 25.1 Å². The van der Waals surface area contributed by atoms with E-state index in [2.05, 4.69) is 15.5 Å². The molecule has 0 bridgehead atoms. The molecule has 0 aromatic carbocycles. The molecule has 94 valence electrons. The van der Waals surface area contributed by atoms with Gasteiger partial charge >= 0.3 is 0 Å². The number of aromatic nitrogens is 3. The molecular formula is C11H12ClN5O. The van der Waals surface area contributed by atoms with E-state index in [0.717, 1.165) is 5.69 Å². The van der Waals surface area contributed by atoms with Crippen LogP contribution in [0.5, 0.6) is 0 Å². The zero-order valence-corrected chi connectivity index (χ0v) is 10.5. The number of nitrogens with zero attached hydrogens (tertiary/aromatic N) is 3. The van der Waals surface area contributed by atoms with E-state index in [1.54, 1.807) is 18.2 Å². The third-order valence-corrected chi connectivity index (χ3v) is 2.71. The average molecular weight is 266 g/mol. The number of rotatable bonds is 3. The van der Waals surface area contributed by atoms with Crippen molar-refractivity contribution in [1.29, 1.82) is 0 Å². The van der Waals surface area contributed by atoms with Crippen LogP contribution in [0.15, 0.2) is 29.1 Å². The fourth-order valence-electron chi connectivity index (χ4n) is 1.48. The standard InChI is InChI=1S/C11H12ClN5O/c1-7-2-5-11(18)17(16-7)6-9-8(12)3-4-10(14-9)15-13/h2-5H,6,13H2,1H3,(H,14,15). The predicted molar refractivity (Wildman–Crippen MR) is 69.4 cm³/mol. The van der Waals surface area contributed by atoms with E-state index in [-0.39, 0.29) is 12.1 Å². The molecule has 3 N–H and O–H groups in total. The Morgan fingerprint density at radius 3 is 2.89 bits per heavy atom. The monoisotopic (exact) mass is 265 g/mol. The molecular weight excluding hydrogens is 254 g/mol. The van der Waals surface area contributed by atoms with Gasteiger partial charge < -0.3 is 5.43 Å². The smallest absolute Gasteiger partial charge is 0.267 e. The van der Waals surface area contributed by atoms with Crippen LogP contribution in [0.4, 0.5) is 5.82 Å². The molecule has 0 amide bonds. The Kier molecular flexibility index (Phi) is 3.59. The van der Waals surface area contributed by atoms with Crippen molar-refractivity contribution in [3.05, 3.63) is 51.0 Å². The van der Waals surface area contributed by atoms with Gasteiger partial charge in [0.2, 0.25) is 0 Å². The van der Waals surface area contributed by atoms with Gasteiger partial charge in [0.15, 0.2) is 0 Å². The van der Waals surface area contributed by atoms with E-state index in [4.69, 9.17) is 17.4 Å². The zero-order valence-electron chi connectivity index (χ0n) is 9.72. The van der Waals surface area contributed by atoms with Gasteiger partial charge in [0.1, 0.15) is 5.82 Å². The molecule has 0 aliphatic rings. The van der Waals surface area contributed by atoms with Gasteiger partial charge in [0, 0.05) is 6.07 Å². The van der Waals surface area contributed by atoms with Crippen LogP contribution in [0.3, 0.4) is 0 Å². The molecule has 0 spiro atoms. The van der Waals surface area contributed by atoms with Crippen molar-refractivity contribution in [3.8, 4) is 0 Å². The van der Waals surface area contributed by atoms with Crippen molar-refractivity contribution in [2.45, 2.75) is 13.5 Å². The molecule has 0 aliphatic heterocycles. The number of anilines is 1. The molecule has 7 heteroatoms. The molecule has 2 heterocycles. The zero-order chi connectivity index (χ0) is 13.1. The summed E-state index contributed by atoms with van der Waals surface area (Å²) in [6.07, 6.45) is 0. The first-order valence-electron chi connectivity index (χ1n) is 5.27. The summed E-state index contributed by atoms with van der Waals surface area (Å²) in [7, 11) is 0. The van der Waals surface area contributed by atoms with Crippen LogP contribution in [0.2, 0.25) is 5.02 Å². The van der Waals surface area contributed by atoms with Crippen molar-refractivity contribution in [1.82, 2.24) is 14.8 Å². The maximum Gasteiger partial charge on any atom is 0.267 e. The number of pyridine rings is 1. The van der Waals surface area contributed by atoms with E-state index in [0.29, 0.717) is 16.5 Å². The highest BCUT2D eigenvalue weighted by Gasteiger charge is 2.07. The lowest BCUT2D eigenvalue weighted by Crippen LogP contribution is -2.23. The quantitative estimate of drug-likeness (QED) is 0.637. The second-order valence-corrected chi connectivity index (χ2v) is 4.15. The SMILES string of the molecule is Cc1ccc(=O)n(Cc2nc(NN)ccc2Cl)n1. The van der Waals surface area contributed by atoms with Crippen LogP contribution in [-0.4, -0.2) is 14.8 Å². The lowest BCUT2D eigenvalue weighted by atomic mass is 10.3. The summed E-state index contributed by atoms with van der Waals surface area (Å²) in [5, 5.41) is 4.58. The Balaban J connectivity index is 2.39. The first kappa shape index (κ1) is 12.5. The normalized spacial score (nSPS) is 10.4. The van der Waals surface area contributed by atoms with Gasteiger partial charge in [0.25, 0.3) is 5.56 Å². The number of aryl methyl sites for hydroxylation is 1. The van der Waals surface area contributed by atoms with Crippen LogP contribution < -0.4 is 16.8 Å². The number of hydrogen-bond donors (Lipinski definition) is 2. The van der Waals surface area contributed by atoms with Gasteiger partial charge in [-0.15, -0.1) is 0 Å². The Hall–Kier alpha value is -1.92. The van der Waals surface area contributed by atoms with Gasteiger partial charge in [-0.3, -0.25) is 4.79 Å². The Morgan fingerprint density at radius 2 is 2.17 bits per heavy atom. The van der Waals surface area contributed by atoms with Crippen LogP contribution in [0, 0.1) is 6.92 Å². The minimum absolute atomic E-state index is 0.203. The molecule has 6 nitrogen and oxygen atoms in total. The summed E-state index contributed by atoms with van der Waals surface area (Å²) in [5.74, 6) is 5.76. The molecule has 0 fully saturated rings. The molecule has 2 aromatic rings. The fraction of sp³-hybridized carbons (Fsp3) is 0.182. The summed E-state index contributed by atoms with van der Waals surface area (Å²) in [4.78, 5) is 15.8. The van der Waals surface area contributed by atoms with Crippen molar-refractivity contribution < 1.29 is 0 Å². The second kappa shape index (κ2) is 5.16. The maximum atomic E-state index is 11.6. The number of halogens is 1. The van der Waals surface area contributed by atoms with E-state index >= 15 is 0 Å². The number of nitrogens with one attached hydrogen (secondary N) is 1. The van der Waals surface area contributed by atoms with Crippen molar-refractivity contribution in [3.63, 3.8) is 0 Å². The summed E-state index contributed by atoms with van der Waals surface area (Å²) >= 11 is 6.02. The Labute approximate surface area is 108 Å². The molecule has 0 aliphatic carbocycles. The number of nitrogens with two attached hydrogens (primary N) is 1. The van der Waals surface area contributed by atoms with Crippen molar-refractivity contribution in [2.75, 3.05) is 5.43 Å². The first-order valence-corrected chi connectivity index (χ1v) is 5.65. The van der Waals surface area contributed by atoms with E-state index < -0.39 is 0 Å². The van der Waals surface area contributed by atoms with Crippen LogP contribution >= 0.6 is 11.6 Å². The van der Waals surface area contributed by atoms with Crippen LogP contribution in [0.1, 0.15) is 11.4 Å². The topological polar surface area (TPSA) is 85.8 Å². The van der Waals surface area contributed by atoms with Gasteiger partial charge in [-0.2, -0.15) is 5.10 Å². The van der Waals surface area contributed by atoms with E-state index in [9.17, 15) is 4.79 Å². The number of nitrogen functional groups attached to an aromatic ring is 1. The Morgan fingerprint density at radius 1 is 1.39 bits per heavy atom. The molecule has 18 heavy (non-hydrogen) atoms. The molecule has 0 saturated heterocycles. The summed E-state index contributed by atoms with van der Waals surface area (Å²) in [6.45, 7) is 2.01. The second-order valence-electron chi connectivity index (χ2n) is 3.74. The van der Waals surface area contributed by atoms with Gasteiger partial charge in [-0.25, -0.2) is 15.5 Å². The van der Waals surface area contributed by atoms with Crippen molar-refractivity contribution >= 4 is 17.4 Å². The average Bonchev–Trinajstić information content (AvgIpc) is 2.36. The summed E-state index contributed by atoms with van der Waals surface area (Å²) in [5.41, 5.74) is 3.51. The molecule has 0 unspecified atom stereocenters. The highest BCUT2D eigenvalue weighted by Crippen LogP contribution is 2.16. The van der Waals surface area contributed by atoms with Crippen molar-refractivity contribution in [2.24, 2.45) is 5.84 Å². The van der Waals surface area contributed by atoms with E-state index in [1.165, 1.54) is 10.7 Å². The minimum atomic E-state index is -0.204. The number of hydrazine groups is 1. The number of hydrogen-bond acceptors (Lipinski definition) is 5. The minimum Gasteiger partial charge on any atom is -0.308 e. The maximum absolute atomic E-state index is 11.6. The lowest BCUT2D eigenvalue weighted by Gasteiger charge is -2.08. The molecule has 2 rings (SSSR count). The summed E-state index contributed by atoms with van der Waals surface area (Å²) in [6, 6.07) is 6.44. The Bertz CT molecular complexity index is 625. The highest BCUT2D eigenvalue weighted by molar-refractivity contribution is 6.31. The molecule has 0 atom stereocenters. The third-order valence-electron chi connectivity index (χ3n) is 2.37. The van der Waals surface area contributed by atoms with Gasteiger partial charge in [0.05, 0.1) is 23.0 Å². The molecule has 0 saturated carbocycles. The third kappa shape index (κ3) is 2.66. The lowest BCUT2D eigenvalue weighted by molar-refractivity contribution is 0.618. The molecule has 0 radical (unpaired) electrons. The molecule has 2 aromatic heterocycles. The van der Waals surface area contributed by atoms with Gasteiger partial charge in [-0.1, -0.05) is 11.6 Å². The predicted octanol–water partition coefficient (Wildman–Crippen LogP) is 0.934. The largest absolute Gasteiger partial charge is 0.308 e. The first-order chi connectivity index (χ1) is 8.60. The fourth-order valence-corrected chi connectivity index (χ4v) is 1.65. The van der Waals surface area contributed by atoms with Crippen LogP contribution in [-0.2, 0) is 6.54 Å². The van der Waals surface area contributed by atoms with Crippen LogP contribution in [0.25, 0.3) is 0 Å².